The highest BCUT2D eigenvalue weighted by molar-refractivity contribution is 8.00. The molecule has 0 aliphatic carbocycles. The van der Waals surface area contributed by atoms with Gasteiger partial charge >= 0.3 is 5.97 Å². The number of amides is 1. The summed E-state index contributed by atoms with van der Waals surface area (Å²) in [6.45, 7) is 5.49. The summed E-state index contributed by atoms with van der Waals surface area (Å²) >= 11 is 1.47. The molecule has 0 aliphatic heterocycles. The second-order valence-corrected chi connectivity index (χ2v) is 6.25. The van der Waals surface area contributed by atoms with Crippen molar-refractivity contribution in [1.29, 1.82) is 0 Å². The van der Waals surface area contributed by atoms with Gasteiger partial charge < -0.3 is 10.1 Å². The van der Waals surface area contributed by atoms with Crippen LogP contribution in [0.4, 0.5) is 5.69 Å². The van der Waals surface area contributed by atoms with Crippen molar-refractivity contribution in [3.8, 4) is 5.75 Å². The largest absolute Gasteiger partial charge is 0.426 e. The van der Waals surface area contributed by atoms with E-state index < -0.39 is 0 Å². The minimum Gasteiger partial charge on any atom is -0.426 e. The SMILES string of the molecule is CC(=O)Nc1ccc(OC(=O)CSc2cc(C)ccc2C)cc1. The number of thioether (sulfide) groups is 1. The van der Waals surface area contributed by atoms with E-state index in [1.165, 1.54) is 24.2 Å². The van der Waals surface area contributed by atoms with Crippen LogP contribution < -0.4 is 10.1 Å². The summed E-state index contributed by atoms with van der Waals surface area (Å²) in [5.41, 5.74) is 2.98. The Balaban J connectivity index is 1.89. The Bertz CT molecular complexity index is 711. The van der Waals surface area contributed by atoms with Crippen LogP contribution in [0.1, 0.15) is 18.1 Å². The second kappa shape index (κ2) is 7.83. The molecule has 120 valence electrons. The molecule has 0 saturated heterocycles. The van der Waals surface area contributed by atoms with Gasteiger partial charge in [-0.3, -0.25) is 9.59 Å². The number of ether oxygens (including phenoxy) is 1. The normalized spacial score (nSPS) is 10.2. The first-order valence-corrected chi connectivity index (χ1v) is 8.21. The lowest BCUT2D eigenvalue weighted by Gasteiger charge is -2.08. The lowest BCUT2D eigenvalue weighted by Crippen LogP contribution is -2.11. The number of nitrogens with one attached hydrogen (secondary N) is 1. The first-order valence-electron chi connectivity index (χ1n) is 7.22. The molecule has 2 aromatic carbocycles. The molecule has 0 fully saturated rings. The van der Waals surface area contributed by atoms with Gasteiger partial charge in [-0.1, -0.05) is 17.7 Å². The molecule has 0 unspecified atom stereocenters. The molecule has 0 bridgehead atoms. The Morgan fingerprint density at radius 1 is 1.09 bits per heavy atom. The van der Waals surface area contributed by atoms with Gasteiger partial charge in [0.05, 0.1) is 5.75 Å². The standard InChI is InChI=1S/C18H19NO3S/c1-12-4-5-13(2)17(10-12)23-11-18(21)22-16-8-6-15(7-9-16)19-14(3)20/h4-10H,11H2,1-3H3,(H,19,20). The van der Waals surface area contributed by atoms with E-state index in [9.17, 15) is 9.59 Å². The zero-order chi connectivity index (χ0) is 16.8. The van der Waals surface area contributed by atoms with Crippen molar-refractivity contribution in [2.24, 2.45) is 0 Å². The zero-order valence-electron chi connectivity index (χ0n) is 13.4. The molecule has 0 aromatic heterocycles. The minimum atomic E-state index is -0.303. The highest BCUT2D eigenvalue weighted by Crippen LogP contribution is 2.24. The van der Waals surface area contributed by atoms with Crippen LogP contribution in [-0.2, 0) is 9.59 Å². The first-order chi connectivity index (χ1) is 10.9. The average Bonchev–Trinajstić information content (AvgIpc) is 2.50. The molecule has 0 atom stereocenters. The van der Waals surface area contributed by atoms with Crippen molar-refractivity contribution in [2.45, 2.75) is 25.7 Å². The number of hydrogen-bond donors (Lipinski definition) is 1. The summed E-state index contributed by atoms with van der Waals surface area (Å²) < 4.78 is 5.29. The van der Waals surface area contributed by atoms with Crippen molar-refractivity contribution < 1.29 is 14.3 Å². The van der Waals surface area contributed by atoms with E-state index in [2.05, 4.69) is 11.4 Å². The molecule has 0 heterocycles. The molecule has 23 heavy (non-hydrogen) atoms. The Hall–Kier alpha value is -2.27. The minimum absolute atomic E-state index is 0.139. The van der Waals surface area contributed by atoms with Crippen molar-refractivity contribution >= 4 is 29.3 Å². The number of carbonyl (C=O) groups is 2. The van der Waals surface area contributed by atoms with E-state index in [1.807, 2.05) is 26.0 Å². The van der Waals surface area contributed by atoms with Crippen LogP contribution in [0, 0.1) is 13.8 Å². The summed E-state index contributed by atoms with van der Waals surface area (Å²) in [5, 5.41) is 2.66. The molecule has 5 heteroatoms. The first kappa shape index (κ1) is 17.1. The molecule has 4 nitrogen and oxygen atoms in total. The van der Waals surface area contributed by atoms with Crippen molar-refractivity contribution in [1.82, 2.24) is 0 Å². The predicted molar refractivity (Wildman–Crippen MR) is 93.0 cm³/mol. The zero-order valence-corrected chi connectivity index (χ0v) is 14.2. The average molecular weight is 329 g/mol. The van der Waals surface area contributed by atoms with Gasteiger partial charge in [-0.25, -0.2) is 0 Å². The molecule has 2 rings (SSSR count). The highest BCUT2D eigenvalue weighted by atomic mass is 32.2. The number of esters is 1. The fourth-order valence-electron chi connectivity index (χ4n) is 1.97. The summed E-state index contributed by atoms with van der Waals surface area (Å²) in [7, 11) is 0. The number of benzene rings is 2. The van der Waals surface area contributed by atoms with Crippen LogP contribution in [0.3, 0.4) is 0 Å². The highest BCUT2D eigenvalue weighted by Gasteiger charge is 2.08. The summed E-state index contributed by atoms with van der Waals surface area (Å²) in [6, 6.07) is 12.9. The molecule has 2 aromatic rings. The quantitative estimate of drug-likeness (QED) is 0.512. The van der Waals surface area contributed by atoms with E-state index in [1.54, 1.807) is 24.3 Å². The molecule has 0 saturated carbocycles. The van der Waals surface area contributed by atoms with Gasteiger partial charge in [0.25, 0.3) is 0 Å². The van der Waals surface area contributed by atoms with E-state index in [0.29, 0.717) is 11.4 Å². The summed E-state index contributed by atoms with van der Waals surface area (Å²) in [6.07, 6.45) is 0. The fourth-order valence-corrected chi connectivity index (χ4v) is 2.87. The Labute approximate surface area is 140 Å². The predicted octanol–water partition coefficient (Wildman–Crippen LogP) is 3.96. The molecule has 0 aliphatic rings. The number of rotatable bonds is 5. The second-order valence-electron chi connectivity index (χ2n) is 5.24. The van der Waals surface area contributed by atoms with E-state index in [-0.39, 0.29) is 17.6 Å². The Morgan fingerprint density at radius 3 is 2.43 bits per heavy atom. The lowest BCUT2D eigenvalue weighted by atomic mass is 10.2. The van der Waals surface area contributed by atoms with Gasteiger partial charge in [0, 0.05) is 17.5 Å². The fraction of sp³-hybridized carbons (Fsp3) is 0.222. The van der Waals surface area contributed by atoms with E-state index in [4.69, 9.17) is 4.74 Å². The smallest absolute Gasteiger partial charge is 0.321 e. The summed E-state index contributed by atoms with van der Waals surface area (Å²) in [4.78, 5) is 24.0. The lowest BCUT2D eigenvalue weighted by molar-refractivity contribution is -0.131. The topological polar surface area (TPSA) is 55.4 Å². The molecule has 1 N–H and O–H groups in total. The molecular weight excluding hydrogens is 310 g/mol. The van der Waals surface area contributed by atoms with Crippen LogP contribution in [0.15, 0.2) is 47.4 Å². The molecule has 0 radical (unpaired) electrons. The monoisotopic (exact) mass is 329 g/mol. The van der Waals surface area contributed by atoms with Gasteiger partial charge in [-0.2, -0.15) is 0 Å². The van der Waals surface area contributed by atoms with Crippen molar-refractivity contribution in [2.75, 3.05) is 11.1 Å². The number of anilines is 1. The molecular formula is C18H19NO3S. The van der Waals surface area contributed by atoms with Crippen LogP contribution >= 0.6 is 11.8 Å². The van der Waals surface area contributed by atoms with Crippen LogP contribution in [0.2, 0.25) is 0 Å². The third-order valence-electron chi connectivity index (χ3n) is 3.10. The maximum Gasteiger partial charge on any atom is 0.321 e. The Kier molecular flexibility index (Phi) is 5.82. The van der Waals surface area contributed by atoms with Gasteiger partial charge in [0.1, 0.15) is 5.75 Å². The third-order valence-corrected chi connectivity index (χ3v) is 4.23. The van der Waals surface area contributed by atoms with Crippen LogP contribution in [0.25, 0.3) is 0 Å². The molecule has 1 amide bonds. The van der Waals surface area contributed by atoms with Gasteiger partial charge in [0.15, 0.2) is 0 Å². The number of hydrogen-bond acceptors (Lipinski definition) is 4. The van der Waals surface area contributed by atoms with Gasteiger partial charge in [-0.05, 0) is 49.7 Å². The van der Waals surface area contributed by atoms with Crippen LogP contribution in [-0.4, -0.2) is 17.6 Å². The van der Waals surface area contributed by atoms with E-state index in [0.717, 1.165) is 10.5 Å². The number of carbonyl (C=O) groups excluding carboxylic acids is 2. The van der Waals surface area contributed by atoms with Gasteiger partial charge in [-0.15, -0.1) is 11.8 Å². The summed E-state index contributed by atoms with van der Waals surface area (Å²) in [5.74, 6) is 0.270. The van der Waals surface area contributed by atoms with Gasteiger partial charge in [0.2, 0.25) is 5.91 Å². The van der Waals surface area contributed by atoms with E-state index >= 15 is 0 Å². The van der Waals surface area contributed by atoms with Crippen molar-refractivity contribution in [3.05, 3.63) is 53.6 Å². The molecule has 0 spiro atoms. The maximum atomic E-state index is 11.9. The Morgan fingerprint density at radius 2 is 1.78 bits per heavy atom. The maximum absolute atomic E-state index is 11.9. The van der Waals surface area contributed by atoms with Crippen LogP contribution in [0.5, 0.6) is 5.75 Å². The number of aryl methyl sites for hydroxylation is 2. The third kappa shape index (κ3) is 5.45. The van der Waals surface area contributed by atoms with Crippen molar-refractivity contribution in [3.63, 3.8) is 0 Å².